The summed E-state index contributed by atoms with van der Waals surface area (Å²) in [6, 6.07) is 11.1. The van der Waals surface area contributed by atoms with Crippen molar-refractivity contribution in [2.24, 2.45) is 0 Å². The van der Waals surface area contributed by atoms with Crippen LogP contribution in [0.5, 0.6) is 5.75 Å². The van der Waals surface area contributed by atoms with E-state index in [-0.39, 0.29) is 0 Å². The van der Waals surface area contributed by atoms with Crippen LogP contribution in [0.25, 0.3) is 22.4 Å². The highest BCUT2D eigenvalue weighted by Gasteiger charge is 2.24. The maximum absolute atomic E-state index is 13.0. The van der Waals surface area contributed by atoms with Crippen molar-refractivity contribution >= 4 is 28.5 Å². The summed E-state index contributed by atoms with van der Waals surface area (Å²) in [5.74, 6) is 1.69. The molecule has 0 amide bonds. The number of carbonyl (C=O) groups is 1. The Morgan fingerprint density at radius 1 is 1.17 bits per heavy atom. The Bertz CT molecular complexity index is 1190. The van der Waals surface area contributed by atoms with Crippen LogP contribution >= 0.6 is 0 Å². The molecule has 0 aliphatic heterocycles. The number of benzene rings is 1. The molecule has 0 unspecified atom stereocenters. The maximum Gasteiger partial charge on any atom is 0.419 e. The number of fused-ring (bicyclic) bond motifs is 1. The molecule has 0 aliphatic carbocycles. The third-order valence-corrected chi connectivity index (χ3v) is 4.32. The number of hydrogen-bond acceptors (Lipinski definition) is 7. The number of para-hydroxylation sites is 2. The van der Waals surface area contributed by atoms with Crippen LogP contribution < -0.4 is 10.1 Å². The van der Waals surface area contributed by atoms with Gasteiger partial charge in [-0.25, -0.2) is 19.3 Å². The van der Waals surface area contributed by atoms with E-state index in [9.17, 15) is 4.79 Å². The van der Waals surface area contributed by atoms with Crippen molar-refractivity contribution in [1.29, 1.82) is 0 Å². The molecule has 154 valence electrons. The van der Waals surface area contributed by atoms with Crippen LogP contribution in [-0.2, 0) is 4.74 Å². The number of aromatic nitrogens is 3. The summed E-state index contributed by atoms with van der Waals surface area (Å²) in [6.07, 6.45) is 4.04. The highest BCUT2D eigenvalue weighted by Crippen LogP contribution is 2.32. The lowest BCUT2D eigenvalue weighted by Gasteiger charge is -2.20. The minimum Gasteiger partial charge on any atom is -0.495 e. The molecule has 3 aromatic heterocycles. The standard InChI is InChI=1S/C22H22N4O4/c1-22(2,3)30-21(27)26-16-10-20(25-15-7-5-6-8-18(15)28-4)24-11-14(16)9-17(26)19-12-23-13-29-19/h5-13H,1-4H3,(H,24,25). The van der Waals surface area contributed by atoms with E-state index in [0.29, 0.717) is 28.5 Å². The number of nitrogens with one attached hydrogen (secondary N) is 1. The van der Waals surface area contributed by atoms with Crippen molar-refractivity contribution in [3.63, 3.8) is 0 Å². The fourth-order valence-corrected chi connectivity index (χ4v) is 3.08. The van der Waals surface area contributed by atoms with Crippen molar-refractivity contribution in [3.8, 4) is 17.2 Å². The number of nitrogens with zero attached hydrogens (tertiary/aromatic N) is 3. The zero-order valence-corrected chi connectivity index (χ0v) is 17.2. The number of pyridine rings is 1. The summed E-state index contributed by atoms with van der Waals surface area (Å²) in [5.41, 5.74) is 1.27. The molecule has 0 atom stereocenters. The van der Waals surface area contributed by atoms with Crippen LogP contribution in [0.2, 0.25) is 0 Å². The molecule has 0 fully saturated rings. The number of methoxy groups -OCH3 is 1. The minimum absolute atomic E-state index is 0.455. The van der Waals surface area contributed by atoms with E-state index in [1.54, 1.807) is 25.6 Å². The molecule has 0 spiro atoms. The summed E-state index contributed by atoms with van der Waals surface area (Å²) in [7, 11) is 1.61. The molecule has 8 heteroatoms. The van der Waals surface area contributed by atoms with Crippen LogP contribution in [0.1, 0.15) is 20.8 Å². The number of rotatable bonds is 4. The van der Waals surface area contributed by atoms with E-state index in [2.05, 4.69) is 15.3 Å². The lowest BCUT2D eigenvalue weighted by molar-refractivity contribution is 0.0546. The highest BCUT2D eigenvalue weighted by atomic mass is 16.6. The van der Waals surface area contributed by atoms with Crippen molar-refractivity contribution in [2.75, 3.05) is 12.4 Å². The van der Waals surface area contributed by atoms with E-state index >= 15 is 0 Å². The van der Waals surface area contributed by atoms with Gasteiger partial charge in [-0.05, 0) is 39.0 Å². The number of oxazole rings is 1. The Balaban J connectivity index is 1.82. The largest absolute Gasteiger partial charge is 0.495 e. The van der Waals surface area contributed by atoms with Gasteiger partial charge in [0.05, 0.1) is 30.2 Å². The van der Waals surface area contributed by atoms with Gasteiger partial charge in [-0.3, -0.25) is 0 Å². The van der Waals surface area contributed by atoms with Gasteiger partial charge < -0.3 is 19.2 Å². The molecule has 3 heterocycles. The first kappa shape index (κ1) is 19.5. The highest BCUT2D eigenvalue weighted by molar-refractivity contribution is 5.96. The third kappa shape index (κ3) is 3.84. The summed E-state index contributed by atoms with van der Waals surface area (Å²) < 4.78 is 17.9. The number of ether oxygens (including phenoxy) is 2. The molecule has 0 aliphatic rings. The van der Waals surface area contributed by atoms with Gasteiger partial charge >= 0.3 is 6.09 Å². The molecule has 1 N–H and O–H groups in total. The van der Waals surface area contributed by atoms with E-state index in [1.807, 2.05) is 51.1 Å². The van der Waals surface area contributed by atoms with E-state index in [4.69, 9.17) is 13.9 Å². The molecule has 4 rings (SSSR count). The Kier molecular flexibility index (Phi) is 4.91. The first-order chi connectivity index (χ1) is 14.4. The Morgan fingerprint density at radius 2 is 1.97 bits per heavy atom. The smallest absolute Gasteiger partial charge is 0.419 e. The maximum atomic E-state index is 13.0. The van der Waals surface area contributed by atoms with E-state index < -0.39 is 11.7 Å². The first-order valence-electron chi connectivity index (χ1n) is 9.39. The summed E-state index contributed by atoms with van der Waals surface area (Å²) in [4.78, 5) is 21.5. The van der Waals surface area contributed by atoms with Crippen LogP contribution in [0.3, 0.4) is 0 Å². The van der Waals surface area contributed by atoms with Crippen molar-refractivity contribution in [3.05, 3.63) is 55.2 Å². The van der Waals surface area contributed by atoms with Gasteiger partial charge in [0, 0.05) is 17.6 Å². The second kappa shape index (κ2) is 7.55. The average Bonchev–Trinajstić information content (AvgIpc) is 3.34. The van der Waals surface area contributed by atoms with Gasteiger partial charge in [0.15, 0.2) is 12.2 Å². The van der Waals surface area contributed by atoms with Gasteiger partial charge in [-0.1, -0.05) is 12.1 Å². The molecule has 0 bridgehead atoms. The lowest BCUT2D eigenvalue weighted by atomic mass is 10.2. The number of anilines is 2. The van der Waals surface area contributed by atoms with Gasteiger partial charge in [-0.2, -0.15) is 0 Å². The molecule has 0 radical (unpaired) electrons. The predicted molar refractivity (Wildman–Crippen MR) is 113 cm³/mol. The fourth-order valence-electron chi connectivity index (χ4n) is 3.08. The topological polar surface area (TPSA) is 91.4 Å². The van der Waals surface area contributed by atoms with Gasteiger partial charge in [0.25, 0.3) is 0 Å². The van der Waals surface area contributed by atoms with Crippen LogP contribution in [-0.4, -0.2) is 33.3 Å². The zero-order chi connectivity index (χ0) is 21.3. The number of carbonyl (C=O) groups excluding carboxylic acids is 1. The molecular formula is C22H22N4O4. The Morgan fingerprint density at radius 3 is 2.67 bits per heavy atom. The predicted octanol–water partition coefficient (Wildman–Crippen LogP) is 5.23. The Hall–Kier alpha value is -3.81. The molecule has 8 nitrogen and oxygen atoms in total. The quantitative estimate of drug-likeness (QED) is 0.496. The number of hydrogen-bond donors (Lipinski definition) is 1. The second-order valence-corrected chi connectivity index (χ2v) is 7.66. The molecule has 1 aromatic carbocycles. The van der Waals surface area contributed by atoms with E-state index in [1.165, 1.54) is 11.0 Å². The monoisotopic (exact) mass is 406 g/mol. The molecule has 0 saturated carbocycles. The van der Waals surface area contributed by atoms with Crippen molar-refractivity contribution < 1.29 is 18.7 Å². The summed E-state index contributed by atoms with van der Waals surface area (Å²) >= 11 is 0. The second-order valence-electron chi connectivity index (χ2n) is 7.66. The molecule has 30 heavy (non-hydrogen) atoms. The van der Waals surface area contributed by atoms with Crippen molar-refractivity contribution in [1.82, 2.24) is 14.5 Å². The van der Waals surface area contributed by atoms with Crippen LogP contribution in [0.15, 0.2) is 59.6 Å². The SMILES string of the molecule is COc1ccccc1Nc1cc2c(cn1)cc(-c1cnco1)n2C(=O)OC(C)(C)C. The summed E-state index contributed by atoms with van der Waals surface area (Å²) in [6.45, 7) is 5.46. The average molecular weight is 406 g/mol. The first-order valence-corrected chi connectivity index (χ1v) is 9.39. The molecular weight excluding hydrogens is 384 g/mol. The van der Waals surface area contributed by atoms with E-state index in [0.717, 1.165) is 11.1 Å². The van der Waals surface area contributed by atoms with Gasteiger partial charge in [-0.15, -0.1) is 0 Å². The zero-order valence-electron chi connectivity index (χ0n) is 17.2. The van der Waals surface area contributed by atoms with Crippen LogP contribution in [0.4, 0.5) is 16.3 Å². The Labute approximate surface area is 173 Å². The summed E-state index contributed by atoms with van der Waals surface area (Å²) in [5, 5.41) is 4.00. The normalized spacial score (nSPS) is 11.5. The molecule has 0 saturated heterocycles. The minimum atomic E-state index is -0.655. The van der Waals surface area contributed by atoms with Gasteiger partial charge in [0.2, 0.25) is 0 Å². The fraction of sp³-hybridized carbons (Fsp3) is 0.227. The third-order valence-electron chi connectivity index (χ3n) is 4.32. The molecule has 4 aromatic rings. The van der Waals surface area contributed by atoms with Gasteiger partial charge in [0.1, 0.15) is 17.2 Å². The lowest BCUT2D eigenvalue weighted by Crippen LogP contribution is -2.27. The van der Waals surface area contributed by atoms with Crippen molar-refractivity contribution in [2.45, 2.75) is 26.4 Å². The van der Waals surface area contributed by atoms with Crippen LogP contribution in [0, 0.1) is 0 Å².